The number of nitrogens with zero attached hydrogens (tertiary/aromatic N) is 5. The van der Waals surface area contributed by atoms with Crippen LogP contribution in [0, 0.1) is 27.7 Å². The van der Waals surface area contributed by atoms with E-state index in [2.05, 4.69) is 20.4 Å². The topological polar surface area (TPSA) is 92.5 Å². The highest BCUT2D eigenvalue weighted by Crippen LogP contribution is 2.36. The normalized spacial score (nSPS) is 16.3. The SMILES string of the molecule is Cc1ccc(-n2cnc(-c3ccc(NC(=O)/N=C4\SC(C)C(=O)N4c4c(C)cc(C)cc4C)cc3)n2)cc1. The molecule has 3 amide bonds. The molecule has 3 aromatic carbocycles. The lowest BCUT2D eigenvalue weighted by Gasteiger charge is -2.21. The summed E-state index contributed by atoms with van der Waals surface area (Å²) in [6.45, 7) is 9.82. The first kappa shape index (κ1) is 25.4. The van der Waals surface area contributed by atoms with Crippen LogP contribution >= 0.6 is 11.8 Å². The van der Waals surface area contributed by atoms with Gasteiger partial charge in [-0.1, -0.05) is 47.2 Å². The molecule has 1 unspecified atom stereocenters. The lowest BCUT2D eigenvalue weighted by atomic mass is 10.0. The van der Waals surface area contributed by atoms with Gasteiger partial charge in [0, 0.05) is 11.3 Å². The number of anilines is 2. The molecule has 1 aliphatic rings. The summed E-state index contributed by atoms with van der Waals surface area (Å²) in [5.41, 5.74) is 7.34. The number of carbonyl (C=O) groups excluding carboxylic acids is 2. The summed E-state index contributed by atoms with van der Waals surface area (Å²) in [5.74, 6) is 0.497. The number of aliphatic imine (C=N–C) groups is 1. The van der Waals surface area contributed by atoms with Gasteiger partial charge in [0.15, 0.2) is 11.0 Å². The van der Waals surface area contributed by atoms with Crippen molar-refractivity contribution in [1.29, 1.82) is 0 Å². The lowest BCUT2D eigenvalue weighted by molar-refractivity contribution is -0.116. The minimum Gasteiger partial charge on any atom is -0.306 e. The van der Waals surface area contributed by atoms with Gasteiger partial charge in [-0.2, -0.15) is 4.99 Å². The van der Waals surface area contributed by atoms with Crippen molar-refractivity contribution in [3.8, 4) is 17.1 Å². The van der Waals surface area contributed by atoms with Crippen LogP contribution in [-0.4, -0.2) is 37.1 Å². The van der Waals surface area contributed by atoms with E-state index in [9.17, 15) is 9.59 Å². The van der Waals surface area contributed by atoms with E-state index < -0.39 is 6.03 Å². The second kappa shape index (κ2) is 10.3. The Morgan fingerprint density at radius 3 is 2.26 bits per heavy atom. The molecular formula is C29H28N6O2S. The minimum absolute atomic E-state index is 0.0847. The Kier molecular flexibility index (Phi) is 6.86. The molecule has 0 spiro atoms. The number of hydrogen-bond donors (Lipinski definition) is 1. The van der Waals surface area contributed by atoms with Crippen LogP contribution in [0.3, 0.4) is 0 Å². The zero-order valence-electron chi connectivity index (χ0n) is 21.9. The van der Waals surface area contributed by atoms with E-state index in [1.807, 2.05) is 83.1 Å². The molecule has 8 nitrogen and oxygen atoms in total. The van der Waals surface area contributed by atoms with Gasteiger partial charge in [-0.15, -0.1) is 5.10 Å². The average Bonchev–Trinajstić information content (AvgIpc) is 3.46. The number of aryl methyl sites for hydroxylation is 4. The van der Waals surface area contributed by atoms with Crippen molar-refractivity contribution in [2.24, 2.45) is 4.99 Å². The van der Waals surface area contributed by atoms with E-state index in [-0.39, 0.29) is 11.2 Å². The van der Waals surface area contributed by atoms with Gasteiger partial charge >= 0.3 is 6.03 Å². The molecule has 1 N–H and O–H groups in total. The van der Waals surface area contributed by atoms with Crippen LogP contribution in [0.2, 0.25) is 0 Å². The summed E-state index contributed by atoms with van der Waals surface area (Å²) in [4.78, 5) is 36.1. The molecule has 1 aromatic heterocycles. The molecule has 0 aliphatic carbocycles. The highest BCUT2D eigenvalue weighted by atomic mass is 32.2. The molecule has 38 heavy (non-hydrogen) atoms. The number of rotatable bonds is 4. The van der Waals surface area contributed by atoms with Crippen molar-refractivity contribution >= 4 is 40.2 Å². The first-order valence-corrected chi connectivity index (χ1v) is 13.1. The van der Waals surface area contributed by atoms with Crippen molar-refractivity contribution in [1.82, 2.24) is 14.8 Å². The summed E-state index contributed by atoms with van der Waals surface area (Å²) in [5, 5.41) is 7.41. The Hall–Kier alpha value is -4.24. The molecule has 192 valence electrons. The van der Waals surface area contributed by atoms with Crippen LogP contribution in [0.5, 0.6) is 0 Å². The lowest BCUT2D eigenvalue weighted by Crippen LogP contribution is -2.33. The maximum absolute atomic E-state index is 13.0. The van der Waals surface area contributed by atoms with E-state index in [0.717, 1.165) is 33.6 Å². The fourth-order valence-electron chi connectivity index (χ4n) is 4.50. The average molecular weight is 525 g/mol. The second-order valence-electron chi connectivity index (χ2n) is 9.43. The Morgan fingerprint density at radius 2 is 1.61 bits per heavy atom. The maximum Gasteiger partial charge on any atom is 0.347 e. The first-order chi connectivity index (χ1) is 18.2. The van der Waals surface area contributed by atoms with Crippen LogP contribution in [-0.2, 0) is 4.79 Å². The van der Waals surface area contributed by atoms with Crippen molar-refractivity contribution in [3.05, 3.63) is 89.2 Å². The molecule has 1 aliphatic heterocycles. The third-order valence-corrected chi connectivity index (χ3v) is 7.32. The molecule has 0 radical (unpaired) electrons. The summed E-state index contributed by atoms with van der Waals surface area (Å²) in [7, 11) is 0. The van der Waals surface area contributed by atoms with Crippen molar-refractivity contribution in [3.63, 3.8) is 0 Å². The third-order valence-electron chi connectivity index (χ3n) is 6.28. The number of urea groups is 1. The summed E-state index contributed by atoms with van der Waals surface area (Å²) in [6, 6.07) is 18.8. The molecule has 1 fully saturated rings. The largest absolute Gasteiger partial charge is 0.347 e. The Bertz CT molecular complexity index is 1530. The minimum atomic E-state index is -0.545. The molecule has 5 rings (SSSR count). The van der Waals surface area contributed by atoms with Crippen LogP contribution in [0.25, 0.3) is 17.1 Å². The Balaban J connectivity index is 1.32. The van der Waals surface area contributed by atoms with Crippen LogP contribution in [0.15, 0.2) is 72.0 Å². The fourth-order valence-corrected chi connectivity index (χ4v) is 5.45. The monoisotopic (exact) mass is 524 g/mol. The van der Waals surface area contributed by atoms with Gasteiger partial charge in [-0.05, 0) is 82.1 Å². The number of aromatic nitrogens is 3. The summed E-state index contributed by atoms with van der Waals surface area (Å²) < 4.78 is 1.73. The Labute approximate surface area is 225 Å². The van der Waals surface area contributed by atoms with E-state index in [1.54, 1.807) is 28.0 Å². The van der Waals surface area contributed by atoms with Gasteiger partial charge in [-0.25, -0.2) is 14.5 Å². The summed E-state index contributed by atoms with van der Waals surface area (Å²) >= 11 is 1.28. The van der Waals surface area contributed by atoms with Crippen molar-refractivity contribution < 1.29 is 9.59 Å². The molecule has 0 bridgehead atoms. The number of carbonyl (C=O) groups is 2. The summed E-state index contributed by atoms with van der Waals surface area (Å²) in [6.07, 6.45) is 1.68. The molecule has 2 heterocycles. The smallest absolute Gasteiger partial charge is 0.306 e. The number of benzene rings is 3. The molecule has 1 atom stereocenters. The van der Waals surface area contributed by atoms with Gasteiger partial charge in [0.1, 0.15) is 6.33 Å². The molecule has 9 heteroatoms. The van der Waals surface area contributed by atoms with Gasteiger partial charge in [0.05, 0.1) is 16.6 Å². The number of nitrogens with one attached hydrogen (secondary N) is 1. The van der Waals surface area contributed by atoms with Gasteiger partial charge in [-0.3, -0.25) is 9.69 Å². The molecule has 4 aromatic rings. The standard InChI is InChI=1S/C29H28N6O2S/c1-17-6-12-24(13-7-17)34-16-30-26(33-34)22-8-10-23(11-9-22)31-28(37)32-29-35(27(36)21(5)38-29)25-19(3)14-18(2)15-20(25)4/h6-16,21H,1-5H3,(H,31,37)/b32-29-. The highest BCUT2D eigenvalue weighted by Gasteiger charge is 2.38. The maximum atomic E-state index is 13.0. The van der Waals surface area contributed by atoms with E-state index >= 15 is 0 Å². The van der Waals surface area contributed by atoms with Crippen LogP contribution in [0.1, 0.15) is 29.2 Å². The predicted molar refractivity (Wildman–Crippen MR) is 153 cm³/mol. The van der Waals surface area contributed by atoms with Crippen molar-refractivity contribution in [2.45, 2.75) is 39.9 Å². The number of hydrogen-bond acceptors (Lipinski definition) is 5. The van der Waals surface area contributed by atoms with Crippen molar-refractivity contribution in [2.75, 3.05) is 10.2 Å². The van der Waals surface area contributed by atoms with Gasteiger partial charge in [0.25, 0.3) is 0 Å². The quantitative estimate of drug-likeness (QED) is 0.342. The predicted octanol–water partition coefficient (Wildman–Crippen LogP) is 6.22. The number of amides is 3. The fraction of sp³-hybridized carbons (Fsp3) is 0.207. The third kappa shape index (κ3) is 5.10. The van der Waals surface area contributed by atoms with Gasteiger partial charge < -0.3 is 5.32 Å². The zero-order chi connectivity index (χ0) is 27.0. The molecule has 1 saturated heterocycles. The van der Waals surface area contributed by atoms with Crippen LogP contribution < -0.4 is 10.2 Å². The van der Waals surface area contributed by atoms with E-state index in [0.29, 0.717) is 16.7 Å². The van der Waals surface area contributed by atoms with Crippen LogP contribution in [0.4, 0.5) is 16.2 Å². The molecular weight excluding hydrogens is 496 g/mol. The number of thioether (sulfide) groups is 1. The number of amidine groups is 1. The van der Waals surface area contributed by atoms with Gasteiger partial charge in [0.2, 0.25) is 5.91 Å². The molecule has 0 saturated carbocycles. The van der Waals surface area contributed by atoms with E-state index in [1.165, 1.54) is 17.3 Å². The zero-order valence-corrected chi connectivity index (χ0v) is 22.7. The second-order valence-corrected chi connectivity index (χ2v) is 10.7. The van der Waals surface area contributed by atoms with E-state index in [4.69, 9.17) is 0 Å². The first-order valence-electron chi connectivity index (χ1n) is 12.3. The highest BCUT2D eigenvalue weighted by molar-refractivity contribution is 8.16. The Morgan fingerprint density at radius 1 is 0.947 bits per heavy atom.